The first kappa shape index (κ1) is 19.7. The molecule has 130 valence electrons. The van der Waals surface area contributed by atoms with Gasteiger partial charge in [-0.05, 0) is 0 Å². The van der Waals surface area contributed by atoms with Gasteiger partial charge in [0.25, 0.3) is 0 Å². The SMILES string of the molecule is [CH3][Sn]([CH3])([CH3])[C]#Cc1cccc2cc3cccc(C#[C][Sn]([CH3])([CH3])[CH3])c3cc12. The molecule has 2 heteroatoms. The van der Waals surface area contributed by atoms with E-state index >= 15 is 0 Å². The van der Waals surface area contributed by atoms with Crippen LogP contribution in [0.25, 0.3) is 21.5 Å². The van der Waals surface area contributed by atoms with Crippen molar-refractivity contribution in [2.75, 3.05) is 0 Å². The number of rotatable bonds is 0. The Morgan fingerprint density at radius 2 is 1.00 bits per heavy atom. The van der Waals surface area contributed by atoms with Crippen LogP contribution in [0, 0.1) is 19.7 Å². The van der Waals surface area contributed by atoms with Gasteiger partial charge in [0.05, 0.1) is 0 Å². The molecule has 0 radical (unpaired) electrons. The predicted molar refractivity (Wildman–Crippen MR) is 122 cm³/mol. The third kappa shape index (κ3) is 4.99. The summed E-state index contributed by atoms with van der Waals surface area (Å²) in [6, 6.07) is 17.5. The van der Waals surface area contributed by atoms with Crippen LogP contribution < -0.4 is 0 Å². The summed E-state index contributed by atoms with van der Waals surface area (Å²) in [7, 11) is 0. The number of benzene rings is 3. The van der Waals surface area contributed by atoms with Crippen LogP contribution in [0.3, 0.4) is 0 Å². The molecule has 3 rings (SSSR count). The van der Waals surface area contributed by atoms with Gasteiger partial charge in [-0.15, -0.1) is 0 Å². The predicted octanol–water partition coefficient (Wildman–Crippen LogP) is 6.45. The molecule has 0 aliphatic rings. The first-order valence-electron chi connectivity index (χ1n) is 9.14. The molecule has 26 heavy (non-hydrogen) atoms. The van der Waals surface area contributed by atoms with Crippen LogP contribution in [0.2, 0.25) is 29.6 Å². The van der Waals surface area contributed by atoms with Crippen molar-refractivity contribution in [1.29, 1.82) is 0 Å². The van der Waals surface area contributed by atoms with Crippen molar-refractivity contribution in [3.63, 3.8) is 0 Å². The van der Waals surface area contributed by atoms with Crippen LogP contribution in [-0.2, 0) is 0 Å². The minimum atomic E-state index is -2.12. The molecule has 0 unspecified atom stereocenters. The van der Waals surface area contributed by atoms with Crippen molar-refractivity contribution in [1.82, 2.24) is 0 Å². The van der Waals surface area contributed by atoms with E-state index in [4.69, 9.17) is 0 Å². The average Bonchev–Trinajstić information content (AvgIpc) is 2.54. The molecule has 0 bridgehead atoms. The van der Waals surface area contributed by atoms with Crippen molar-refractivity contribution >= 4 is 58.3 Å². The summed E-state index contributed by atoms with van der Waals surface area (Å²) in [6.07, 6.45) is 0. The van der Waals surface area contributed by atoms with E-state index in [-0.39, 0.29) is 0 Å². The van der Waals surface area contributed by atoms with Gasteiger partial charge in [-0.2, -0.15) is 0 Å². The molecule has 0 saturated heterocycles. The Labute approximate surface area is 166 Å². The van der Waals surface area contributed by atoms with E-state index in [9.17, 15) is 0 Å². The molecular weight excluding hydrogens is 526 g/mol. The third-order valence-corrected chi connectivity index (χ3v) is 9.02. The summed E-state index contributed by atoms with van der Waals surface area (Å²) < 4.78 is 7.16. The molecule has 0 nitrogen and oxygen atoms in total. The second-order valence-corrected chi connectivity index (χ2v) is 36.0. The average molecular weight is 552 g/mol. The van der Waals surface area contributed by atoms with Crippen LogP contribution in [0.1, 0.15) is 11.1 Å². The fourth-order valence-corrected chi connectivity index (χ4v) is 5.69. The van der Waals surface area contributed by atoms with E-state index in [1.54, 1.807) is 0 Å². The Kier molecular flexibility index (Phi) is 5.66. The van der Waals surface area contributed by atoms with E-state index in [0.717, 1.165) is 11.1 Å². The summed E-state index contributed by atoms with van der Waals surface area (Å²) in [5.41, 5.74) is 2.29. The van der Waals surface area contributed by atoms with Crippen LogP contribution in [0.15, 0.2) is 48.5 Å². The van der Waals surface area contributed by atoms with Crippen LogP contribution in [0.4, 0.5) is 0 Å². The molecule has 0 N–H and O–H groups in total. The summed E-state index contributed by atoms with van der Waals surface area (Å²) in [4.78, 5) is 14.1. The zero-order valence-electron chi connectivity index (χ0n) is 16.6. The van der Waals surface area contributed by atoms with Gasteiger partial charge in [0.1, 0.15) is 0 Å². The van der Waals surface area contributed by atoms with Gasteiger partial charge in [0.2, 0.25) is 0 Å². The van der Waals surface area contributed by atoms with Gasteiger partial charge in [0.15, 0.2) is 0 Å². The molecule has 3 aromatic carbocycles. The molecule has 0 aliphatic heterocycles. The van der Waals surface area contributed by atoms with E-state index < -0.39 is 36.8 Å². The molecular formula is C24H26Sn2. The Morgan fingerprint density at radius 3 is 1.38 bits per heavy atom. The number of hydrogen-bond donors (Lipinski definition) is 0. The van der Waals surface area contributed by atoms with Crippen molar-refractivity contribution in [3.8, 4) is 19.7 Å². The van der Waals surface area contributed by atoms with Gasteiger partial charge in [-0.3, -0.25) is 0 Å². The summed E-state index contributed by atoms with van der Waals surface area (Å²) in [5.74, 6) is 6.97. The van der Waals surface area contributed by atoms with Crippen molar-refractivity contribution in [2.45, 2.75) is 29.6 Å². The fourth-order valence-electron chi connectivity index (χ4n) is 2.78. The molecule has 3 aromatic rings. The standard InChI is InChI=1S/C18H8.6CH3.2Sn/c1-3-13-7-5-9-15-11-16-10-6-8-14(4-2)18(16)12-17(13)15;;;;;;;;/h5-12H;6*1H3;;. The normalized spacial score (nSPS) is 11.6. The molecule has 0 spiro atoms. The Bertz CT molecular complexity index is 1020. The molecule has 0 saturated carbocycles. The molecule has 0 aliphatic carbocycles. The van der Waals surface area contributed by atoms with E-state index in [1.807, 2.05) is 0 Å². The fraction of sp³-hybridized carbons (Fsp3) is 0.250. The molecule has 0 heterocycles. The quantitative estimate of drug-likeness (QED) is 0.171. The van der Waals surface area contributed by atoms with E-state index in [0.29, 0.717) is 0 Å². The zero-order chi connectivity index (χ0) is 18.9. The maximum absolute atomic E-state index is 3.58. The Hall–Kier alpha value is -1.10. The second kappa shape index (κ2) is 7.49. The minimum absolute atomic E-state index is 1.15. The zero-order valence-corrected chi connectivity index (χ0v) is 22.3. The van der Waals surface area contributed by atoms with Crippen LogP contribution in [-0.4, -0.2) is 36.8 Å². The monoisotopic (exact) mass is 554 g/mol. The van der Waals surface area contributed by atoms with Gasteiger partial charge >= 0.3 is 167 Å². The van der Waals surface area contributed by atoms with Crippen molar-refractivity contribution in [2.24, 2.45) is 0 Å². The molecule has 0 atom stereocenters. The maximum atomic E-state index is 3.58. The first-order chi connectivity index (χ1) is 12.1. The molecule has 0 fully saturated rings. The second-order valence-electron chi connectivity index (χ2n) is 8.91. The van der Waals surface area contributed by atoms with Crippen LogP contribution >= 0.6 is 0 Å². The number of fused-ring (bicyclic) bond motifs is 2. The van der Waals surface area contributed by atoms with Gasteiger partial charge in [-0.25, -0.2) is 0 Å². The third-order valence-electron chi connectivity index (χ3n) is 4.02. The topological polar surface area (TPSA) is 0 Å². The summed E-state index contributed by atoms with van der Waals surface area (Å²) in [6.45, 7) is 0. The number of hydrogen-bond acceptors (Lipinski definition) is 0. The molecule has 0 amide bonds. The Morgan fingerprint density at radius 1 is 0.577 bits per heavy atom. The van der Waals surface area contributed by atoms with E-state index in [1.165, 1.54) is 21.5 Å². The van der Waals surface area contributed by atoms with E-state index in [2.05, 4.69) is 97.9 Å². The first-order valence-corrected chi connectivity index (χ1v) is 29.1. The summed E-state index contributed by atoms with van der Waals surface area (Å²) >= 11 is -4.24. The Balaban J connectivity index is 2.27. The van der Waals surface area contributed by atoms with Gasteiger partial charge in [-0.1, -0.05) is 0 Å². The van der Waals surface area contributed by atoms with Crippen molar-refractivity contribution < 1.29 is 0 Å². The van der Waals surface area contributed by atoms with Gasteiger partial charge in [0, 0.05) is 0 Å². The van der Waals surface area contributed by atoms with Gasteiger partial charge < -0.3 is 0 Å². The summed E-state index contributed by atoms with van der Waals surface area (Å²) in [5, 5.41) is 5.01. The van der Waals surface area contributed by atoms with Crippen molar-refractivity contribution in [3.05, 3.63) is 59.7 Å². The van der Waals surface area contributed by atoms with Crippen LogP contribution in [0.5, 0.6) is 0 Å². The molecule has 0 aromatic heterocycles.